The smallest absolute Gasteiger partial charge is 0.368 e. The first-order valence-corrected chi connectivity index (χ1v) is 7.93. The summed E-state index contributed by atoms with van der Waals surface area (Å²) in [6, 6.07) is 4.67. The molecule has 130 valence electrons. The summed E-state index contributed by atoms with van der Waals surface area (Å²) in [5, 5.41) is 3.32. The predicted octanol–water partition coefficient (Wildman–Crippen LogP) is 3.16. The predicted molar refractivity (Wildman–Crippen MR) is 86.6 cm³/mol. The van der Waals surface area contributed by atoms with Crippen LogP contribution < -0.4 is 11.1 Å². The molecule has 11 heteroatoms. The summed E-state index contributed by atoms with van der Waals surface area (Å²) in [5.41, 5.74) is 6.41. The zero-order valence-electron chi connectivity index (χ0n) is 12.8. The van der Waals surface area contributed by atoms with E-state index in [2.05, 4.69) is 30.2 Å². The second kappa shape index (κ2) is 6.59. The van der Waals surface area contributed by atoms with Crippen LogP contribution in [-0.4, -0.2) is 24.9 Å². The van der Waals surface area contributed by atoms with Gasteiger partial charge in [-0.25, -0.2) is 4.98 Å². The molecule has 0 spiro atoms. The van der Waals surface area contributed by atoms with Crippen molar-refractivity contribution in [3.05, 3.63) is 40.5 Å². The minimum absolute atomic E-state index is 0.0281. The highest BCUT2D eigenvalue weighted by atomic mass is 32.1. The van der Waals surface area contributed by atoms with E-state index in [1.165, 1.54) is 5.38 Å². The quantitative estimate of drug-likeness (QED) is 0.730. The molecule has 3 N–H and O–H groups in total. The van der Waals surface area contributed by atoms with Crippen LogP contribution in [0.3, 0.4) is 0 Å². The summed E-state index contributed by atoms with van der Waals surface area (Å²) in [6.07, 6.45) is -2.88. The van der Waals surface area contributed by atoms with Crippen molar-refractivity contribution in [2.75, 3.05) is 11.1 Å². The fourth-order valence-corrected chi connectivity index (χ4v) is 2.73. The molecule has 0 bridgehead atoms. The van der Waals surface area contributed by atoms with Crippen molar-refractivity contribution >= 4 is 23.2 Å². The molecule has 7 nitrogen and oxygen atoms in total. The number of halogens is 3. The minimum atomic E-state index is -4.47. The van der Waals surface area contributed by atoms with Crippen molar-refractivity contribution in [1.29, 1.82) is 0 Å². The molecule has 1 atom stereocenters. The number of hydrogen-bond donors (Lipinski definition) is 2. The topological polar surface area (TPSA) is 102 Å². The molecule has 3 aromatic rings. The summed E-state index contributed by atoms with van der Waals surface area (Å²) in [5.74, 6) is 0.360. The average Bonchev–Trinajstić information content (AvgIpc) is 3.05. The van der Waals surface area contributed by atoms with Crippen LogP contribution in [0.25, 0.3) is 11.5 Å². The first-order valence-electron chi connectivity index (χ1n) is 7.05. The number of aromatic nitrogens is 5. The number of nitrogens with zero attached hydrogens (tertiary/aromatic N) is 5. The highest BCUT2D eigenvalue weighted by Gasteiger charge is 2.35. The number of hydrogen-bond acceptors (Lipinski definition) is 8. The maximum absolute atomic E-state index is 12.7. The first kappa shape index (κ1) is 17.0. The van der Waals surface area contributed by atoms with Gasteiger partial charge in [-0.1, -0.05) is 6.07 Å². The van der Waals surface area contributed by atoms with E-state index in [0.717, 1.165) is 0 Å². The van der Waals surface area contributed by atoms with E-state index >= 15 is 0 Å². The Hall–Kier alpha value is -2.82. The van der Waals surface area contributed by atoms with Gasteiger partial charge in [0.1, 0.15) is 5.69 Å². The summed E-state index contributed by atoms with van der Waals surface area (Å²) in [6.45, 7) is 1.65. The zero-order chi connectivity index (χ0) is 18.0. The Morgan fingerprint density at radius 2 is 1.96 bits per heavy atom. The summed E-state index contributed by atoms with van der Waals surface area (Å²) < 4.78 is 38.0. The van der Waals surface area contributed by atoms with Gasteiger partial charge in [-0.05, 0) is 19.1 Å². The molecule has 1 unspecified atom stereocenters. The fourth-order valence-electron chi connectivity index (χ4n) is 1.95. The van der Waals surface area contributed by atoms with Gasteiger partial charge in [0.2, 0.25) is 11.9 Å². The number of alkyl halides is 3. The number of nitrogens with one attached hydrogen (secondary N) is 1. The van der Waals surface area contributed by atoms with Crippen molar-refractivity contribution < 1.29 is 13.2 Å². The van der Waals surface area contributed by atoms with Gasteiger partial charge in [0.25, 0.3) is 0 Å². The van der Waals surface area contributed by atoms with Crippen LogP contribution in [0.15, 0.2) is 29.8 Å². The van der Waals surface area contributed by atoms with E-state index in [1.54, 1.807) is 31.3 Å². The Morgan fingerprint density at radius 3 is 2.60 bits per heavy atom. The number of nitrogen functional groups attached to an aromatic ring is 1. The van der Waals surface area contributed by atoms with E-state index in [1.807, 2.05) is 0 Å². The lowest BCUT2D eigenvalue weighted by Gasteiger charge is -2.12. The number of nitrogens with two attached hydrogens (primary N) is 1. The Kier molecular flexibility index (Phi) is 4.49. The lowest BCUT2D eigenvalue weighted by molar-refractivity contribution is -0.137. The van der Waals surface area contributed by atoms with Gasteiger partial charge in [-0.15, -0.1) is 11.3 Å². The highest BCUT2D eigenvalue weighted by molar-refractivity contribution is 7.09. The molecule has 3 heterocycles. The average molecular weight is 367 g/mol. The maximum atomic E-state index is 12.7. The van der Waals surface area contributed by atoms with Crippen LogP contribution in [0.5, 0.6) is 0 Å². The number of pyridine rings is 1. The lowest BCUT2D eigenvalue weighted by atomic mass is 10.3. The van der Waals surface area contributed by atoms with Gasteiger partial charge in [0.05, 0.1) is 11.7 Å². The fraction of sp³-hybridized carbons (Fsp3) is 0.214. The molecule has 0 saturated carbocycles. The highest BCUT2D eigenvalue weighted by Crippen LogP contribution is 2.33. The third-order valence-electron chi connectivity index (χ3n) is 3.10. The van der Waals surface area contributed by atoms with E-state index in [-0.39, 0.29) is 23.4 Å². The molecule has 0 aliphatic carbocycles. The van der Waals surface area contributed by atoms with E-state index in [4.69, 9.17) is 5.73 Å². The van der Waals surface area contributed by atoms with Crippen LogP contribution >= 0.6 is 11.3 Å². The zero-order valence-corrected chi connectivity index (χ0v) is 13.6. The Balaban J connectivity index is 1.83. The van der Waals surface area contributed by atoms with Crippen LogP contribution in [0.4, 0.5) is 25.1 Å². The van der Waals surface area contributed by atoms with Crippen LogP contribution in [0, 0.1) is 0 Å². The summed E-state index contributed by atoms with van der Waals surface area (Å²) >= 11 is 0.535. The molecule has 3 aromatic heterocycles. The van der Waals surface area contributed by atoms with E-state index in [9.17, 15) is 13.2 Å². The van der Waals surface area contributed by atoms with Crippen molar-refractivity contribution in [2.45, 2.75) is 19.1 Å². The third kappa shape index (κ3) is 3.99. The van der Waals surface area contributed by atoms with Crippen molar-refractivity contribution in [3.63, 3.8) is 0 Å². The second-order valence-corrected chi connectivity index (χ2v) is 5.86. The van der Waals surface area contributed by atoms with Gasteiger partial charge < -0.3 is 11.1 Å². The molecule has 0 fully saturated rings. The monoisotopic (exact) mass is 367 g/mol. The molecule has 25 heavy (non-hydrogen) atoms. The standard InChI is InChI=1S/C14H12F3N7S/c1-7(9-6-25-11(21-9)14(15,16)17)20-13-23-10(22-12(18)24-13)8-4-2-3-5-19-8/h2-7H,1H3,(H3,18,20,22,23,24). The van der Waals surface area contributed by atoms with Gasteiger partial charge in [-0.3, -0.25) is 4.98 Å². The molecule has 3 rings (SSSR count). The van der Waals surface area contributed by atoms with Crippen molar-refractivity contribution in [1.82, 2.24) is 24.9 Å². The number of anilines is 2. The molecule has 0 aromatic carbocycles. The number of thiazole rings is 1. The molecular weight excluding hydrogens is 355 g/mol. The van der Waals surface area contributed by atoms with Crippen LogP contribution in [-0.2, 0) is 6.18 Å². The van der Waals surface area contributed by atoms with Gasteiger partial charge in [0.15, 0.2) is 10.8 Å². The number of rotatable bonds is 4. The van der Waals surface area contributed by atoms with Crippen LogP contribution in [0.1, 0.15) is 23.7 Å². The Labute approximate surface area is 144 Å². The molecule has 0 radical (unpaired) electrons. The van der Waals surface area contributed by atoms with Gasteiger partial charge in [-0.2, -0.15) is 28.1 Å². The second-order valence-electron chi connectivity index (χ2n) is 5.00. The largest absolute Gasteiger partial charge is 0.443 e. The van der Waals surface area contributed by atoms with E-state index < -0.39 is 17.2 Å². The molecule has 0 aliphatic heterocycles. The summed E-state index contributed by atoms with van der Waals surface area (Å²) in [4.78, 5) is 19.9. The van der Waals surface area contributed by atoms with Crippen molar-refractivity contribution in [2.24, 2.45) is 0 Å². The molecule has 0 amide bonds. The maximum Gasteiger partial charge on any atom is 0.443 e. The van der Waals surface area contributed by atoms with Crippen molar-refractivity contribution in [3.8, 4) is 11.5 Å². The minimum Gasteiger partial charge on any atom is -0.368 e. The molecule has 0 aliphatic rings. The van der Waals surface area contributed by atoms with Gasteiger partial charge >= 0.3 is 6.18 Å². The SMILES string of the molecule is CC(Nc1nc(N)nc(-c2ccccn2)n1)c1csc(C(F)(F)F)n1. The Morgan fingerprint density at radius 1 is 1.16 bits per heavy atom. The molecule has 0 saturated heterocycles. The lowest BCUT2D eigenvalue weighted by Crippen LogP contribution is -2.13. The first-order chi connectivity index (χ1) is 11.8. The Bertz CT molecular complexity index is 866. The summed E-state index contributed by atoms with van der Waals surface area (Å²) in [7, 11) is 0. The third-order valence-corrected chi connectivity index (χ3v) is 4.01. The van der Waals surface area contributed by atoms with Crippen LogP contribution in [0.2, 0.25) is 0 Å². The van der Waals surface area contributed by atoms with Gasteiger partial charge in [0, 0.05) is 11.6 Å². The molecular formula is C14H12F3N7S. The van der Waals surface area contributed by atoms with E-state index in [0.29, 0.717) is 17.0 Å². The normalized spacial score (nSPS) is 12.8.